The highest BCUT2D eigenvalue weighted by molar-refractivity contribution is 6.32. The molecule has 12 heteroatoms. The van der Waals surface area contributed by atoms with Crippen molar-refractivity contribution in [2.75, 3.05) is 34.4 Å². The summed E-state index contributed by atoms with van der Waals surface area (Å²) in [7, 11) is 0. The zero-order chi connectivity index (χ0) is 30.5. The third-order valence-electron chi connectivity index (χ3n) is 7.79. The summed E-state index contributed by atoms with van der Waals surface area (Å²) >= 11 is 6.38. The van der Waals surface area contributed by atoms with E-state index in [4.69, 9.17) is 11.6 Å². The maximum absolute atomic E-state index is 13.2. The average Bonchev–Trinajstić information content (AvgIpc) is 3.03. The Morgan fingerprint density at radius 1 is 0.977 bits per heavy atom. The first kappa shape index (κ1) is 28.9. The lowest BCUT2D eigenvalue weighted by atomic mass is 9.93. The monoisotopic (exact) mass is 607 g/mol. The lowest BCUT2D eigenvalue weighted by Gasteiger charge is -2.32. The smallest absolute Gasteiger partial charge is 0.321 e. The van der Waals surface area contributed by atoms with E-state index in [9.17, 15) is 14.9 Å². The number of rotatable bonds is 4. The van der Waals surface area contributed by atoms with Crippen molar-refractivity contribution in [3.63, 3.8) is 0 Å². The number of piperidine rings is 1. The van der Waals surface area contributed by atoms with E-state index in [0.29, 0.717) is 60.4 Å². The molecule has 1 saturated heterocycles. The van der Waals surface area contributed by atoms with Gasteiger partial charge >= 0.3 is 6.03 Å². The number of nitriles is 1. The molecule has 222 valence electrons. The highest BCUT2D eigenvalue weighted by atomic mass is 35.5. The van der Waals surface area contributed by atoms with Crippen LogP contribution in [-0.2, 0) is 17.6 Å². The summed E-state index contributed by atoms with van der Waals surface area (Å²) in [6.07, 6.45) is 8.27. The number of halogens is 1. The molecule has 0 atom stereocenters. The van der Waals surface area contributed by atoms with Gasteiger partial charge in [0.1, 0.15) is 11.1 Å². The molecule has 0 spiro atoms. The minimum atomic E-state index is -0.236. The number of amides is 3. The third-order valence-corrected chi connectivity index (χ3v) is 8.06. The molecule has 2 aliphatic rings. The molecule has 4 aromatic rings. The zero-order valence-electron chi connectivity index (χ0n) is 23.8. The number of benzene rings is 2. The molecule has 3 amide bonds. The van der Waals surface area contributed by atoms with Crippen LogP contribution in [0.2, 0.25) is 5.02 Å². The summed E-state index contributed by atoms with van der Waals surface area (Å²) < 4.78 is 0. The van der Waals surface area contributed by atoms with Crippen LogP contribution in [0.25, 0.3) is 0 Å². The number of carbonyl (C=O) groups excluding carboxylic acids is 2. The Morgan fingerprint density at radius 2 is 1.82 bits per heavy atom. The second-order valence-electron chi connectivity index (χ2n) is 10.9. The van der Waals surface area contributed by atoms with Crippen LogP contribution in [0.5, 0.6) is 0 Å². The Morgan fingerprint density at radius 3 is 2.66 bits per heavy atom. The summed E-state index contributed by atoms with van der Waals surface area (Å²) in [6.45, 7) is 1.08. The van der Waals surface area contributed by atoms with Crippen molar-refractivity contribution in [3.8, 4) is 6.07 Å². The van der Waals surface area contributed by atoms with Gasteiger partial charge in [-0.2, -0.15) is 10.2 Å². The molecule has 1 fully saturated rings. The fraction of sp³-hybridized carbons (Fsp3) is 0.250. The number of hydrogen-bond donors (Lipinski definition) is 4. The lowest BCUT2D eigenvalue weighted by Crippen LogP contribution is -2.41. The first-order valence-corrected chi connectivity index (χ1v) is 14.8. The minimum absolute atomic E-state index is 0.0629. The van der Waals surface area contributed by atoms with E-state index < -0.39 is 0 Å². The zero-order valence-corrected chi connectivity index (χ0v) is 24.6. The number of fused-ring (bicyclic) bond motifs is 6. The molecule has 0 saturated carbocycles. The molecule has 44 heavy (non-hydrogen) atoms. The van der Waals surface area contributed by atoms with Crippen LogP contribution in [0.15, 0.2) is 67.1 Å². The Bertz CT molecular complexity index is 1750. The highest BCUT2D eigenvalue weighted by Crippen LogP contribution is 2.30. The van der Waals surface area contributed by atoms with Crippen LogP contribution >= 0.6 is 11.6 Å². The van der Waals surface area contributed by atoms with Crippen molar-refractivity contribution in [1.82, 2.24) is 19.9 Å². The molecule has 2 aromatic carbocycles. The summed E-state index contributed by atoms with van der Waals surface area (Å²) in [5, 5.41) is 22.1. The van der Waals surface area contributed by atoms with E-state index in [1.54, 1.807) is 35.4 Å². The standard InChI is InChI=1S/C32H30ClN9O2/c33-26-19-36-31-38-25-13-21(17-35-18-25)5-6-22-15-24(37-30(26)41-31)7-8-28(22)39-29(43)14-20-9-11-42(12-10-20)32(44)40-27-4-2-1-3-23(27)16-34/h1-4,7-8,13,15,17-20H,5-6,9-12,14H2,(H,39,43)(H,40,44)(H2,36,37,38,41). The molecular formula is C32H30ClN9O2. The largest absolute Gasteiger partial charge is 0.339 e. The Kier molecular flexibility index (Phi) is 8.52. The summed E-state index contributed by atoms with van der Waals surface area (Å²) in [5.74, 6) is 0.957. The van der Waals surface area contributed by atoms with E-state index >= 15 is 0 Å². The SMILES string of the molecule is N#Cc1ccccc1NC(=O)N1CCC(CC(=O)Nc2ccc3cc2CCc2cncc(c2)Nc2ncc(Cl)c(n2)N3)CC1. The van der Waals surface area contributed by atoms with Gasteiger partial charge in [0.25, 0.3) is 0 Å². The van der Waals surface area contributed by atoms with Gasteiger partial charge in [-0.15, -0.1) is 0 Å². The first-order valence-electron chi connectivity index (χ1n) is 14.4. The second kappa shape index (κ2) is 13.0. The van der Waals surface area contributed by atoms with Gasteiger partial charge in [-0.3, -0.25) is 9.78 Å². The van der Waals surface area contributed by atoms with Crippen LogP contribution in [0.4, 0.5) is 39.3 Å². The number of para-hydroxylation sites is 1. The topological polar surface area (TPSA) is 148 Å². The lowest BCUT2D eigenvalue weighted by molar-refractivity contribution is -0.117. The molecule has 11 nitrogen and oxygen atoms in total. The van der Waals surface area contributed by atoms with Crippen LogP contribution in [0.1, 0.15) is 36.0 Å². The molecular weight excluding hydrogens is 578 g/mol. The summed E-state index contributed by atoms with van der Waals surface area (Å²) in [6, 6.07) is 16.6. The number of likely N-dealkylation sites (tertiary alicyclic amines) is 1. The number of carbonyl (C=O) groups is 2. The Hall–Kier alpha value is -5.21. The third kappa shape index (κ3) is 6.88. The van der Waals surface area contributed by atoms with Crippen molar-refractivity contribution in [2.45, 2.75) is 32.1 Å². The fourth-order valence-corrected chi connectivity index (χ4v) is 5.58. The summed E-state index contributed by atoms with van der Waals surface area (Å²) in [4.78, 5) is 40.9. The molecule has 4 heterocycles. The fourth-order valence-electron chi connectivity index (χ4n) is 5.44. The molecule has 2 aliphatic heterocycles. The number of aromatic nitrogens is 3. The number of urea groups is 1. The van der Waals surface area contributed by atoms with Gasteiger partial charge in [0, 0.05) is 37.1 Å². The van der Waals surface area contributed by atoms with Gasteiger partial charge in [0.2, 0.25) is 11.9 Å². The predicted octanol–water partition coefficient (Wildman–Crippen LogP) is 6.26. The number of nitrogens with one attached hydrogen (secondary N) is 4. The highest BCUT2D eigenvalue weighted by Gasteiger charge is 2.25. The maximum Gasteiger partial charge on any atom is 0.321 e. The maximum atomic E-state index is 13.2. The van der Waals surface area contributed by atoms with Gasteiger partial charge in [-0.05, 0) is 79.1 Å². The second-order valence-corrected chi connectivity index (χ2v) is 11.3. The van der Waals surface area contributed by atoms with Gasteiger partial charge in [0.05, 0.1) is 29.3 Å². The number of anilines is 6. The van der Waals surface area contributed by atoms with E-state index in [2.05, 4.69) is 42.3 Å². The molecule has 0 radical (unpaired) electrons. The van der Waals surface area contributed by atoms with Crippen LogP contribution in [-0.4, -0.2) is 44.9 Å². The van der Waals surface area contributed by atoms with Crippen LogP contribution in [0.3, 0.4) is 0 Å². The van der Waals surface area contributed by atoms with Crippen LogP contribution < -0.4 is 21.3 Å². The molecule has 0 aliphatic carbocycles. The Labute approximate surface area is 259 Å². The Balaban J connectivity index is 1.10. The van der Waals surface area contributed by atoms with Crippen molar-refractivity contribution < 1.29 is 9.59 Å². The normalized spacial score (nSPS) is 14.4. The van der Waals surface area contributed by atoms with E-state index in [1.807, 2.05) is 30.5 Å². The molecule has 4 N–H and O–H groups in total. The average molecular weight is 608 g/mol. The van der Waals surface area contributed by atoms with Crippen molar-refractivity contribution in [3.05, 3.63) is 88.8 Å². The van der Waals surface area contributed by atoms with Crippen molar-refractivity contribution >= 4 is 58.1 Å². The molecule has 0 unspecified atom stereocenters. The van der Waals surface area contributed by atoms with Gasteiger partial charge in [0.15, 0.2) is 5.82 Å². The number of pyridine rings is 1. The van der Waals surface area contributed by atoms with E-state index in [-0.39, 0.29) is 17.9 Å². The quantitative estimate of drug-likeness (QED) is 0.213. The number of hydrogen-bond acceptors (Lipinski definition) is 8. The molecule has 6 rings (SSSR count). The molecule has 2 aromatic heterocycles. The number of nitrogens with zero attached hydrogens (tertiary/aromatic N) is 5. The van der Waals surface area contributed by atoms with Crippen molar-refractivity contribution in [1.29, 1.82) is 5.26 Å². The van der Waals surface area contributed by atoms with Gasteiger partial charge < -0.3 is 26.2 Å². The first-order chi connectivity index (χ1) is 21.4. The summed E-state index contributed by atoms with van der Waals surface area (Å²) in [5.41, 5.74) is 5.23. The van der Waals surface area contributed by atoms with E-state index in [1.165, 1.54) is 6.20 Å². The number of aryl methyl sites for hydroxylation is 2. The minimum Gasteiger partial charge on any atom is -0.339 e. The van der Waals surface area contributed by atoms with Crippen molar-refractivity contribution in [2.24, 2.45) is 5.92 Å². The van der Waals surface area contributed by atoms with Gasteiger partial charge in [-0.1, -0.05) is 23.7 Å². The van der Waals surface area contributed by atoms with Gasteiger partial charge in [-0.25, -0.2) is 9.78 Å². The molecule has 6 bridgehead atoms. The van der Waals surface area contributed by atoms with E-state index in [0.717, 1.165) is 41.0 Å². The predicted molar refractivity (Wildman–Crippen MR) is 169 cm³/mol. The van der Waals surface area contributed by atoms with Crippen LogP contribution in [0, 0.1) is 17.2 Å².